The van der Waals surface area contributed by atoms with Gasteiger partial charge in [-0.3, -0.25) is 11.6 Å². The molecular weight excluding hydrogens is 202 g/mol. The molecule has 2 atom stereocenters. The molecule has 70 valence electrons. The van der Waals surface area contributed by atoms with E-state index in [1.807, 2.05) is 0 Å². The minimum absolute atomic E-state index is 0. The van der Waals surface area contributed by atoms with Crippen molar-refractivity contribution in [1.29, 1.82) is 0 Å². The van der Waals surface area contributed by atoms with Crippen LogP contribution in [0.4, 0.5) is 0 Å². The fourth-order valence-electron chi connectivity index (χ4n) is 0.206. The molecule has 0 rings (SSSR count). The Morgan fingerprint density at radius 2 is 1.82 bits per heavy atom. The monoisotopic (exact) mass is 211 g/mol. The zero-order chi connectivity index (χ0) is 8.73. The Bertz CT molecular complexity index is 109. The van der Waals surface area contributed by atoms with Crippen LogP contribution in [-0.2, 0) is 26.7 Å². The van der Waals surface area contributed by atoms with E-state index >= 15 is 0 Å². The third-order valence-corrected chi connectivity index (χ3v) is 0.805. The van der Waals surface area contributed by atoms with Crippen LogP contribution < -0.4 is 5.73 Å². The van der Waals surface area contributed by atoms with Crippen molar-refractivity contribution in [3.8, 4) is 0 Å². The molecule has 0 heterocycles. The molecule has 0 amide bonds. The van der Waals surface area contributed by atoms with Gasteiger partial charge in [0.05, 0.1) is 6.10 Å². The van der Waals surface area contributed by atoms with Gasteiger partial charge in [0.2, 0.25) is 0 Å². The van der Waals surface area contributed by atoms with Crippen LogP contribution in [-0.4, -0.2) is 35.1 Å². The van der Waals surface area contributed by atoms with Gasteiger partial charge >= 0.3 is 23.0 Å². The van der Waals surface area contributed by atoms with Crippen molar-refractivity contribution in [1.82, 2.24) is 0 Å². The summed E-state index contributed by atoms with van der Waals surface area (Å²) in [4.78, 5) is 17.6. The number of carboxylic acids is 1. The Morgan fingerprint density at radius 3 is 1.82 bits per heavy atom. The van der Waals surface area contributed by atoms with Crippen molar-refractivity contribution in [2.75, 3.05) is 0 Å². The Morgan fingerprint density at radius 1 is 1.55 bits per heavy atom. The van der Waals surface area contributed by atoms with E-state index in [1.54, 1.807) is 0 Å². The minimum atomic E-state index is -1.18. The molecule has 0 saturated heterocycles. The molecule has 0 aliphatic rings. The fourth-order valence-corrected chi connectivity index (χ4v) is 0.206. The molecule has 0 saturated carbocycles. The molecule has 0 radical (unpaired) electrons. The molecule has 0 aromatic rings. The number of aliphatic carboxylic acids is 1. The van der Waals surface area contributed by atoms with Crippen molar-refractivity contribution in [2.24, 2.45) is 5.73 Å². The van der Waals surface area contributed by atoms with Crippen LogP contribution in [0.1, 0.15) is 6.92 Å². The van der Waals surface area contributed by atoms with Crippen LogP contribution in [0, 0.1) is 0 Å². The number of carboxylic acid groups (broad SMARTS) is 1. The van der Waals surface area contributed by atoms with Gasteiger partial charge in [-0.05, 0) is 6.92 Å². The SMILES string of the molecule is C[C@@H](O)[C@H](N)C(=O)O.[CH-]=O.[Cu+]. The Hall–Kier alpha value is -0.421. The second kappa shape index (κ2) is 9.58. The Labute approximate surface area is 75.1 Å². The van der Waals surface area contributed by atoms with Gasteiger partial charge in [-0.2, -0.15) is 0 Å². The number of aliphatic hydroxyl groups excluding tert-OH is 1. The van der Waals surface area contributed by atoms with E-state index in [0.717, 1.165) is 0 Å². The molecule has 0 spiro atoms. The third kappa shape index (κ3) is 9.58. The first-order valence-corrected chi connectivity index (χ1v) is 2.45. The van der Waals surface area contributed by atoms with Crippen LogP contribution in [0.2, 0.25) is 0 Å². The molecule has 0 unspecified atom stereocenters. The third-order valence-electron chi connectivity index (χ3n) is 0.805. The number of hydrogen-bond acceptors (Lipinski definition) is 4. The van der Waals surface area contributed by atoms with Gasteiger partial charge in [0.15, 0.2) is 0 Å². The summed E-state index contributed by atoms with van der Waals surface area (Å²) in [6.07, 6.45) is -0.979. The molecule has 0 fully saturated rings. The van der Waals surface area contributed by atoms with Crippen LogP contribution in [0.15, 0.2) is 0 Å². The molecule has 0 aliphatic carbocycles. The summed E-state index contributed by atoms with van der Waals surface area (Å²) >= 11 is 0. The second-order valence-corrected chi connectivity index (χ2v) is 1.60. The van der Waals surface area contributed by atoms with Crippen LogP contribution in [0.3, 0.4) is 0 Å². The van der Waals surface area contributed by atoms with Crippen molar-refractivity contribution in [3.05, 3.63) is 0 Å². The zero-order valence-electron chi connectivity index (χ0n) is 5.82. The van der Waals surface area contributed by atoms with Crippen molar-refractivity contribution in [3.63, 3.8) is 0 Å². The maximum absolute atomic E-state index is 9.86. The van der Waals surface area contributed by atoms with Crippen molar-refractivity contribution in [2.45, 2.75) is 19.1 Å². The Balaban J connectivity index is -0.000000196. The number of rotatable bonds is 2. The average molecular weight is 212 g/mol. The van der Waals surface area contributed by atoms with E-state index < -0.39 is 18.1 Å². The summed E-state index contributed by atoms with van der Waals surface area (Å²) in [5.74, 6) is -1.18. The van der Waals surface area contributed by atoms with Gasteiger partial charge in [0, 0.05) is 0 Å². The molecule has 0 aromatic heterocycles. The average Bonchev–Trinajstić information content (AvgIpc) is 1.90. The topological polar surface area (TPSA) is 101 Å². The molecule has 4 N–H and O–H groups in total. The van der Waals surface area contributed by atoms with E-state index in [0.29, 0.717) is 0 Å². The predicted molar refractivity (Wildman–Crippen MR) is 34.0 cm³/mol. The van der Waals surface area contributed by atoms with Crippen LogP contribution in [0.25, 0.3) is 0 Å². The number of carbonyl (C=O) groups is 1. The number of carbonyl (C=O) groups excluding carboxylic acids is 1. The number of nitrogens with two attached hydrogens (primary N) is 1. The summed E-state index contributed by atoms with van der Waals surface area (Å²) in [6, 6.07) is -1.16. The zero-order valence-corrected chi connectivity index (χ0v) is 6.76. The van der Waals surface area contributed by atoms with E-state index in [1.165, 1.54) is 6.92 Å². The minimum Gasteiger partial charge on any atom is -0.545 e. The van der Waals surface area contributed by atoms with Gasteiger partial charge in [-0.15, -0.1) is 0 Å². The maximum atomic E-state index is 9.86. The first kappa shape index (κ1) is 16.9. The standard InChI is InChI=1S/C4H9NO3.CHO.Cu/c1-2(6)3(5)4(7)8;1-2;/h2-3,6H,5H2,1H3,(H,7,8);1H;/q;-1;+1/t2-,3+;;/m1../s1. The van der Waals surface area contributed by atoms with Gasteiger partial charge < -0.3 is 20.7 Å². The first-order valence-electron chi connectivity index (χ1n) is 2.45. The molecule has 11 heavy (non-hydrogen) atoms. The smallest absolute Gasteiger partial charge is 0.545 e. The van der Waals surface area contributed by atoms with Crippen LogP contribution >= 0.6 is 0 Å². The quantitative estimate of drug-likeness (QED) is 0.293. The molecule has 0 aromatic carbocycles. The normalized spacial score (nSPS) is 13.0. The molecule has 0 aliphatic heterocycles. The predicted octanol–water partition coefficient (Wildman–Crippen LogP) is -1.50. The fraction of sp³-hybridized carbons (Fsp3) is 0.600. The first-order chi connectivity index (χ1) is 4.55. The molecule has 5 nitrogen and oxygen atoms in total. The summed E-state index contributed by atoms with van der Waals surface area (Å²) in [5, 5.41) is 16.6. The van der Waals surface area contributed by atoms with E-state index in [2.05, 4.69) is 6.79 Å². The second-order valence-electron chi connectivity index (χ2n) is 1.60. The van der Waals surface area contributed by atoms with E-state index in [4.69, 9.17) is 20.7 Å². The Kier molecular flexibility index (Phi) is 14.7. The van der Waals surface area contributed by atoms with Crippen LogP contribution in [0.5, 0.6) is 0 Å². The summed E-state index contributed by atoms with van der Waals surface area (Å²) in [6.45, 7) is 4.58. The van der Waals surface area contributed by atoms with Gasteiger partial charge in [-0.1, -0.05) is 0 Å². The van der Waals surface area contributed by atoms with Gasteiger partial charge in [0.25, 0.3) is 0 Å². The van der Waals surface area contributed by atoms with Gasteiger partial charge in [0.1, 0.15) is 6.04 Å². The molecule has 0 bridgehead atoms. The number of hydrogen-bond donors (Lipinski definition) is 3. The van der Waals surface area contributed by atoms with Gasteiger partial charge in [-0.25, -0.2) is 0 Å². The maximum Gasteiger partial charge on any atom is 1.00 e. The molecule has 6 heteroatoms. The van der Waals surface area contributed by atoms with E-state index in [-0.39, 0.29) is 17.1 Å². The van der Waals surface area contributed by atoms with Crippen molar-refractivity contribution >= 4 is 12.8 Å². The summed E-state index contributed by atoms with van der Waals surface area (Å²) in [7, 11) is 0. The summed E-state index contributed by atoms with van der Waals surface area (Å²) < 4.78 is 0. The molecular formula is C5H10CuNO4. The largest absolute Gasteiger partial charge is 1.00 e. The van der Waals surface area contributed by atoms with Crippen molar-refractivity contribution < 1.29 is 36.9 Å². The summed E-state index contributed by atoms with van der Waals surface area (Å²) in [5.41, 5.74) is 4.91. The number of aliphatic hydroxyl groups is 1. The van der Waals surface area contributed by atoms with E-state index in [9.17, 15) is 4.79 Å².